The smallest absolute Gasteiger partial charge is 0.351 e. The number of H-pyrrole nitrogens is 1. The molecule has 2 aromatic heterocycles. The van der Waals surface area contributed by atoms with Gasteiger partial charge in [-0.1, -0.05) is 0 Å². The van der Waals surface area contributed by atoms with Crippen molar-refractivity contribution in [2.75, 3.05) is 18.9 Å². The molecule has 182 valence electrons. The summed E-state index contributed by atoms with van der Waals surface area (Å²) >= 11 is 0. The molecule has 2 fully saturated rings. The largest absolute Gasteiger partial charge is 0.394 e. The summed E-state index contributed by atoms with van der Waals surface area (Å²) in [6, 6.07) is 2.57. The number of aliphatic hydroxyl groups is 5. The molecule has 8 N–H and O–H groups in total. The van der Waals surface area contributed by atoms with Crippen molar-refractivity contribution in [1.29, 1.82) is 0 Å². The normalized spacial score (nSPS) is 31.2. The van der Waals surface area contributed by atoms with Crippen LogP contribution in [0, 0.1) is 0 Å². The average molecular weight is 471 g/mol. The minimum atomic E-state index is -1.35. The van der Waals surface area contributed by atoms with Crippen LogP contribution in [-0.4, -0.2) is 88.4 Å². The number of hydrogen-bond donors (Lipinski definition) is 7. The second kappa shape index (κ2) is 10.3. The van der Waals surface area contributed by atoms with Crippen LogP contribution in [0.25, 0.3) is 0 Å². The molecule has 4 rings (SSSR count). The Bertz CT molecular complexity index is 1120. The zero-order valence-corrected chi connectivity index (χ0v) is 17.2. The van der Waals surface area contributed by atoms with Gasteiger partial charge in [0.05, 0.1) is 19.3 Å². The molecule has 2 aliphatic heterocycles. The van der Waals surface area contributed by atoms with E-state index in [-0.39, 0.29) is 18.8 Å². The second-order valence-corrected chi connectivity index (χ2v) is 7.40. The molecular weight excluding hydrogens is 446 g/mol. The summed E-state index contributed by atoms with van der Waals surface area (Å²) in [5.74, 6) is 0.138. The number of hydrogen-bond acceptors (Lipinski definition) is 12. The van der Waals surface area contributed by atoms with Crippen molar-refractivity contribution in [2.24, 2.45) is 0 Å². The van der Waals surface area contributed by atoms with E-state index in [9.17, 15) is 29.7 Å². The third kappa shape index (κ3) is 5.36. The predicted octanol–water partition coefficient (Wildman–Crippen LogP) is -4.39. The minimum absolute atomic E-state index is 0.138. The molecule has 0 spiro atoms. The lowest BCUT2D eigenvalue weighted by atomic mass is 10.1. The number of aliphatic hydroxyl groups excluding tert-OH is 5. The molecule has 33 heavy (non-hydrogen) atoms. The SMILES string of the molecule is Nc1ccn([C@H]2C[C@H](O)[C@@H](CO)O2)c(=O)n1.O=c1ccn([C@@H]2O[C@H](CO)[C@@H](O)[C@H]2O)c(=O)[nH]1. The van der Waals surface area contributed by atoms with E-state index in [0.29, 0.717) is 0 Å². The summed E-state index contributed by atoms with van der Waals surface area (Å²) in [7, 11) is 0. The van der Waals surface area contributed by atoms with E-state index >= 15 is 0 Å². The van der Waals surface area contributed by atoms with Crippen molar-refractivity contribution >= 4 is 5.82 Å². The van der Waals surface area contributed by atoms with Gasteiger partial charge in [-0.2, -0.15) is 4.98 Å². The third-order valence-corrected chi connectivity index (χ3v) is 5.19. The van der Waals surface area contributed by atoms with Crippen LogP contribution in [-0.2, 0) is 9.47 Å². The molecular formula is C18H25N5O10. The van der Waals surface area contributed by atoms with E-state index in [1.54, 1.807) is 0 Å². The van der Waals surface area contributed by atoms with Gasteiger partial charge in [-0.05, 0) is 6.07 Å². The topological polar surface area (TPSA) is 235 Å². The average Bonchev–Trinajstić information content (AvgIpc) is 3.28. The van der Waals surface area contributed by atoms with Crippen LogP contribution >= 0.6 is 0 Å². The molecule has 2 aliphatic rings. The molecule has 0 bridgehead atoms. The van der Waals surface area contributed by atoms with Gasteiger partial charge in [0.15, 0.2) is 6.23 Å². The Morgan fingerprint density at radius 1 is 1.00 bits per heavy atom. The summed E-state index contributed by atoms with van der Waals surface area (Å²) in [6.07, 6.45) is -3.92. The lowest BCUT2D eigenvalue weighted by Crippen LogP contribution is -2.37. The number of anilines is 1. The highest BCUT2D eigenvalue weighted by Gasteiger charge is 2.43. The maximum Gasteiger partial charge on any atom is 0.351 e. The fraction of sp³-hybridized carbons (Fsp3) is 0.556. The molecule has 0 amide bonds. The predicted molar refractivity (Wildman–Crippen MR) is 109 cm³/mol. The fourth-order valence-corrected chi connectivity index (χ4v) is 3.43. The molecule has 15 heteroatoms. The lowest BCUT2D eigenvalue weighted by molar-refractivity contribution is -0.0550. The van der Waals surface area contributed by atoms with E-state index in [1.165, 1.54) is 16.8 Å². The van der Waals surface area contributed by atoms with E-state index in [1.807, 2.05) is 4.98 Å². The maximum atomic E-state index is 11.5. The van der Waals surface area contributed by atoms with Gasteiger partial charge in [0.1, 0.15) is 36.5 Å². The maximum absolute atomic E-state index is 11.5. The molecule has 0 radical (unpaired) electrons. The van der Waals surface area contributed by atoms with Gasteiger partial charge in [0, 0.05) is 24.9 Å². The lowest BCUT2D eigenvalue weighted by Gasteiger charge is -2.16. The zero-order valence-electron chi connectivity index (χ0n) is 17.2. The van der Waals surface area contributed by atoms with Gasteiger partial charge in [-0.15, -0.1) is 0 Å². The molecule has 0 unspecified atom stereocenters. The summed E-state index contributed by atoms with van der Waals surface area (Å²) in [5.41, 5.74) is 3.49. The van der Waals surface area contributed by atoms with Gasteiger partial charge >= 0.3 is 11.4 Å². The molecule has 4 heterocycles. The van der Waals surface area contributed by atoms with Crippen molar-refractivity contribution in [3.8, 4) is 0 Å². The van der Waals surface area contributed by atoms with Gasteiger partial charge in [-0.3, -0.25) is 18.9 Å². The monoisotopic (exact) mass is 471 g/mol. The van der Waals surface area contributed by atoms with E-state index in [0.717, 1.165) is 16.8 Å². The first-order valence-electron chi connectivity index (χ1n) is 9.89. The van der Waals surface area contributed by atoms with Crippen molar-refractivity contribution < 1.29 is 35.0 Å². The first kappa shape index (κ1) is 24.7. The van der Waals surface area contributed by atoms with Crippen LogP contribution in [0.15, 0.2) is 38.9 Å². The molecule has 0 saturated carbocycles. The van der Waals surface area contributed by atoms with Crippen LogP contribution < -0.4 is 22.7 Å². The van der Waals surface area contributed by atoms with Gasteiger partial charge in [-0.25, -0.2) is 9.59 Å². The summed E-state index contributed by atoms with van der Waals surface area (Å²) in [5, 5.41) is 46.5. The number of aromatic amines is 1. The third-order valence-electron chi connectivity index (χ3n) is 5.19. The Morgan fingerprint density at radius 3 is 2.21 bits per heavy atom. The Balaban J connectivity index is 0.000000186. The Morgan fingerprint density at radius 2 is 1.67 bits per heavy atom. The number of nitrogens with one attached hydrogen (secondary N) is 1. The van der Waals surface area contributed by atoms with Crippen LogP contribution in [0.2, 0.25) is 0 Å². The Kier molecular flexibility index (Phi) is 7.75. The van der Waals surface area contributed by atoms with Crippen LogP contribution in [0.1, 0.15) is 18.9 Å². The number of rotatable bonds is 4. The van der Waals surface area contributed by atoms with Gasteiger partial charge in [0.25, 0.3) is 5.56 Å². The van der Waals surface area contributed by atoms with E-state index < -0.39 is 66.5 Å². The number of nitrogen functional groups attached to an aromatic ring is 1. The molecule has 0 aromatic carbocycles. The van der Waals surface area contributed by atoms with Crippen LogP contribution in [0.3, 0.4) is 0 Å². The number of nitrogens with zero attached hydrogens (tertiary/aromatic N) is 3. The van der Waals surface area contributed by atoms with Crippen LogP contribution in [0.4, 0.5) is 5.82 Å². The Labute approximate surface area is 184 Å². The van der Waals surface area contributed by atoms with Crippen LogP contribution in [0.5, 0.6) is 0 Å². The first-order valence-corrected chi connectivity index (χ1v) is 9.89. The summed E-state index contributed by atoms with van der Waals surface area (Å²) in [4.78, 5) is 39.3. The van der Waals surface area contributed by atoms with E-state index in [4.69, 9.17) is 25.4 Å². The zero-order chi connectivity index (χ0) is 24.3. The summed E-state index contributed by atoms with van der Waals surface area (Å²) < 4.78 is 12.6. The van der Waals surface area contributed by atoms with Crippen molar-refractivity contribution in [2.45, 2.75) is 49.4 Å². The quantitative estimate of drug-likeness (QED) is 0.224. The van der Waals surface area contributed by atoms with Gasteiger partial charge < -0.3 is 40.7 Å². The minimum Gasteiger partial charge on any atom is -0.394 e. The van der Waals surface area contributed by atoms with Crippen molar-refractivity contribution in [3.63, 3.8) is 0 Å². The highest BCUT2D eigenvalue weighted by atomic mass is 16.6. The van der Waals surface area contributed by atoms with Gasteiger partial charge in [0.2, 0.25) is 0 Å². The highest BCUT2D eigenvalue weighted by Crippen LogP contribution is 2.28. The number of aromatic nitrogens is 4. The fourth-order valence-electron chi connectivity index (χ4n) is 3.43. The molecule has 7 atom stereocenters. The molecule has 15 nitrogen and oxygen atoms in total. The number of ether oxygens (including phenoxy) is 2. The molecule has 0 aliphatic carbocycles. The standard InChI is InChI=1S/C9H13N3O4.C9H12N2O6/c10-7-1-2-12(9(15)11-7)8-3-5(14)6(4-13)16-8;12-3-4-6(14)7(15)8(17-4)11-2-1-5(13)10-9(11)16/h1-2,5-6,8,13-14H,3-4H2,(H2,10,11,15);1-2,4,6-8,12,14-15H,3H2,(H,10,13,16)/t5-,6+,8+;4-,6-,7-,8-/m01/s1. The van der Waals surface area contributed by atoms with E-state index in [2.05, 4.69) is 4.98 Å². The summed E-state index contributed by atoms with van der Waals surface area (Å²) in [6.45, 7) is -0.762. The molecule has 2 aromatic rings. The molecule has 2 saturated heterocycles. The van der Waals surface area contributed by atoms with Crippen molar-refractivity contribution in [3.05, 3.63) is 55.8 Å². The number of nitrogens with two attached hydrogens (primary N) is 1. The Hall–Kier alpha value is -2.92. The second-order valence-electron chi connectivity index (χ2n) is 7.40. The first-order chi connectivity index (χ1) is 15.7. The van der Waals surface area contributed by atoms with Crippen molar-refractivity contribution in [1.82, 2.24) is 19.1 Å². The highest BCUT2D eigenvalue weighted by molar-refractivity contribution is 5.23.